The van der Waals surface area contributed by atoms with Gasteiger partial charge in [-0.1, -0.05) is 18.5 Å². The van der Waals surface area contributed by atoms with E-state index in [1.54, 1.807) is 11.8 Å². The van der Waals surface area contributed by atoms with Gasteiger partial charge >= 0.3 is 5.97 Å². The van der Waals surface area contributed by atoms with Crippen molar-refractivity contribution < 1.29 is 18.3 Å². The van der Waals surface area contributed by atoms with E-state index in [4.69, 9.17) is 16.7 Å². The summed E-state index contributed by atoms with van der Waals surface area (Å²) in [7, 11) is -3.67. The first-order chi connectivity index (χ1) is 9.75. The van der Waals surface area contributed by atoms with Gasteiger partial charge < -0.3 is 5.11 Å². The Hall–Kier alpha value is -0.760. The van der Waals surface area contributed by atoms with Crippen molar-refractivity contribution in [3.63, 3.8) is 0 Å². The van der Waals surface area contributed by atoms with Gasteiger partial charge in [-0.25, -0.2) is 13.2 Å². The summed E-state index contributed by atoms with van der Waals surface area (Å²) in [5, 5.41) is 9.07. The van der Waals surface area contributed by atoms with Crippen LogP contribution in [0.3, 0.4) is 0 Å². The van der Waals surface area contributed by atoms with Crippen LogP contribution < -0.4 is 0 Å². The Balaban J connectivity index is 2.40. The molecule has 2 unspecified atom stereocenters. The fourth-order valence-electron chi connectivity index (χ4n) is 2.21. The van der Waals surface area contributed by atoms with Gasteiger partial charge in [-0.15, -0.1) is 0 Å². The molecule has 1 aromatic carbocycles. The topological polar surface area (TPSA) is 74.7 Å². The van der Waals surface area contributed by atoms with Crippen LogP contribution in [0.25, 0.3) is 0 Å². The number of hydrogen-bond donors (Lipinski definition) is 1. The van der Waals surface area contributed by atoms with Crippen LogP contribution in [0.5, 0.6) is 0 Å². The van der Waals surface area contributed by atoms with E-state index in [9.17, 15) is 13.2 Å². The number of hydrogen-bond acceptors (Lipinski definition) is 4. The second-order valence-electron chi connectivity index (χ2n) is 4.88. The molecule has 116 valence electrons. The maximum atomic E-state index is 12.7. The summed E-state index contributed by atoms with van der Waals surface area (Å²) in [6, 6.07) is 3.61. The molecule has 0 amide bonds. The molecule has 8 heteroatoms. The third-order valence-electron chi connectivity index (χ3n) is 3.60. The molecule has 1 N–H and O–H groups in total. The van der Waals surface area contributed by atoms with Gasteiger partial charge in [0.25, 0.3) is 0 Å². The van der Waals surface area contributed by atoms with Gasteiger partial charge in [0.2, 0.25) is 10.0 Å². The fourth-order valence-corrected chi connectivity index (χ4v) is 5.56. The molecule has 1 aliphatic rings. The summed E-state index contributed by atoms with van der Waals surface area (Å²) in [6.07, 6.45) is 0. The van der Waals surface area contributed by atoms with Gasteiger partial charge in [0, 0.05) is 23.6 Å². The van der Waals surface area contributed by atoms with Gasteiger partial charge in [-0.3, -0.25) is 0 Å². The third kappa shape index (κ3) is 3.21. The number of sulfonamides is 1. The Kier molecular flexibility index (Phi) is 4.87. The molecular weight excluding hydrogens is 334 g/mol. The van der Waals surface area contributed by atoms with Crippen molar-refractivity contribution in [1.29, 1.82) is 0 Å². The summed E-state index contributed by atoms with van der Waals surface area (Å²) in [6.45, 7) is 4.32. The van der Waals surface area contributed by atoms with Crippen molar-refractivity contribution in [2.45, 2.75) is 30.0 Å². The van der Waals surface area contributed by atoms with E-state index < -0.39 is 16.0 Å². The summed E-state index contributed by atoms with van der Waals surface area (Å²) >= 11 is 7.61. The number of carboxylic acids is 1. The maximum absolute atomic E-state index is 12.7. The second kappa shape index (κ2) is 6.16. The highest BCUT2D eigenvalue weighted by atomic mass is 35.5. The zero-order valence-electron chi connectivity index (χ0n) is 11.6. The number of benzene rings is 1. The number of aromatic carboxylic acids is 1. The molecular formula is C13H16ClNO4S2. The lowest BCUT2D eigenvalue weighted by Gasteiger charge is -2.36. The van der Waals surface area contributed by atoms with Gasteiger partial charge in [-0.2, -0.15) is 16.1 Å². The Labute approximate surface area is 133 Å². The number of halogens is 1. The molecule has 1 aromatic rings. The van der Waals surface area contributed by atoms with E-state index in [2.05, 4.69) is 0 Å². The molecule has 1 fully saturated rings. The first kappa shape index (κ1) is 16.6. The maximum Gasteiger partial charge on any atom is 0.337 e. The standard InChI is InChI=1S/C13H16ClNO4S2/c1-8-9(2)20-6-5-15(8)21(18,19)10-3-4-11(13(16)17)12(14)7-10/h3-4,7-9H,5-6H2,1-2H3,(H,16,17). The van der Waals surface area contributed by atoms with Crippen LogP contribution in [0, 0.1) is 0 Å². The van der Waals surface area contributed by atoms with Crippen molar-refractivity contribution in [2.24, 2.45) is 0 Å². The highest BCUT2D eigenvalue weighted by molar-refractivity contribution is 8.00. The summed E-state index contributed by atoms with van der Waals surface area (Å²) < 4.78 is 26.8. The van der Waals surface area contributed by atoms with Gasteiger partial charge in [0.05, 0.1) is 15.5 Å². The first-order valence-corrected chi connectivity index (χ1v) is 9.28. The van der Waals surface area contributed by atoms with Gasteiger partial charge in [-0.05, 0) is 25.1 Å². The molecule has 2 atom stereocenters. The number of thioether (sulfide) groups is 1. The summed E-state index contributed by atoms with van der Waals surface area (Å²) in [4.78, 5) is 11.0. The smallest absolute Gasteiger partial charge is 0.337 e. The van der Waals surface area contributed by atoms with Gasteiger partial charge in [0.1, 0.15) is 0 Å². The lowest BCUT2D eigenvalue weighted by atomic mass is 10.2. The van der Waals surface area contributed by atoms with Crippen LogP contribution in [-0.2, 0) is 10.0 Å². The van der Waals surface area contributed by atoms with Crippen LogP contribution in [0.1, 0.15) is 24.2 Å². The fraction of sp³-hybridized carbons (Fsp3) is 0.462. The molecule has 0 bridgehead atoms. The predicted octanol–water partition coefficient (Wildman–Crippen LogP) is 2.55. The molecule has 0 aromatic heterocycles. The minimum atomic E-state index is -3.67. The molecule has 2 rings (SSSR count). The van der Waals surface area contributed by atoms with E-state index in [-0.39, 0.29) is 26.8 Å². The van der Waals surface area contributed by atoms with Crippen molar-refractivity contribution in [1.82, 2.24) is 4.31 Å². The van der Waals surface area contributed by atoms with E-state index in [0.717, 1.165) is 5.75 Å². The second-order valence-corrected chi connectivity index (χ2v) is 8.66. The lowest BCUT2D eigenvalue weighted by molar-refractivity contribution is 0.0697. The lowest BCUT2D eigenvalue weighted by Crippen LogP contribution is -2.47. The normalized spacial score (nSPS) is 24.0. The van der Waals surface area contributed by atoms with E-state index >= 15 is 0 Å². The average molecular weight is 350 g/mol. The number of rotatable bonds is 3. The largest absolute Gasteiger partial charge is 0.478 e. The Morgan fingerprint density at radius 3 is 2.67 bits per heavy atom. The zero-order valence-corrected chi connectivity index (χ0v) is 14.0. The van der Waals surface area contributed by atoms with Crippen LogP contribution >= 0.6 is 23.4 Å². The molecule has 0 saturated carbocycles. The van der Waals surface area contributed by atoms with Crippen LogP contribution in [0.15, 0.2) is 23.1 Å². The molecule has 1 heterocycles. The SMILES string of the molecule is CC1SCCN(S(=O)(=O)c2ccc(C(=O)O)c(Cl)c2)C1C. The predicted molar refractivity (Wildman–Crippen MR) is 83.7 cm³/mol. The Morgan fingerprint density at radius 2 is 2.10 bits per heavy atom. The molecule has 0 radical (unpaired) electrons. The molecule has 1 saturated heterocycles. The molecule has 5 nitrogen and oxygen atoms in total. The average Bonchev–Trinajstić information content (AvgIpc) is 2.41. The summed E-state index contributed by atoms with van der Waals surface area (Å²) in [5.74, 6) is -0.439. The first-order valence-electron chi connectivity index (χ1n) is 6.41. The molecule has 0 spiro atoms. The number of carboxylic acid groups (broad SMARTS) is 1. The minimum absolute atomic E-state index is 0.0310. The Morgan fingerprint density at radius 1 is 1.43 bits per heavy atom. The molecule has 21 heavy (non-hydrogen) atoms. The number of carbonyl (C=O) groups is 1. The van der Waals surface area contributed by atoms with E-state index in [0.29, 0.717) is 6.54 Å². The third-order valence-corrected chi connectivity index (χ3v) is 7.24. The van der Waals surface area contributed by atoms with Crippen LogP contribution in [-0.4, -0.2) is 47.4 Å². The van der Waals surface area contributed by atoms with Crippen molar-refractivity contribution in [3.05, 3.63) is 28.8 Å². The highest BCUT2D eigenvalue weighted by Crippen LogP contribution is 2.30. The quantitative estimate of drug-likeness (QED) is 0.907. The monoisotopic (exact) mass is 349 g/mol. The molecule has 1 aliphatic heterocycles. The summed E-state index contributed by atoms with van der Waals surface area (Å²) in [5.41, 5.74) is -0.105. The van der Waals surface area contributed by atoms with Gasteiger partial charge in [0.15, 0.2) is 0 Å². The van der Waals surface area contributed by atoms with E-state index in [1.165, 1.54) is 22.5 Å². The van der Waals surface area contributed by atoms with Crippen molar-refractivity contribution >= 4 is 39.4 Å². The Bertz CT molecular complexity index is 662. The highest BCUT2D eigenvalue weighted by Gasteiger charge is 2.35. The van der Waals surface area contributed by atoms with Crippen molar-refractivity contribution in [3.8, 4) is 0 Å². The minimum Gasteiger partial charge on any atom is -0.478 e. The van der Waals surface area contributed by atoms with Crippen molar-refractivity contribution in [2.75, 3.05) is 12.3 Å². The zero-order chi connectivity index (χ0) is 15.8. The van der Waals surface area contributed by atoms with Crippen LogP contribution in [0.4, 0.5) is 0 Å². The van der Waals surface area contributed by atoms with E-state index in [1.807, 2.05) is 13.8 Å². The number of nitrogens with zero attached hydrogens (tertiary/aromatic N) is 1. The van der Waals surface area contributed by atoms with Crippen LogP contribution in [0.2, 0.25) is 5.02 Å². The molecule has 0 aliphatic carbocycles.